The van der Waals surface area contributed by atoms with E-state index < -0.39 is 0 Å². The minimum absolute atomic E-state index is 0.0499. The Morgan fingerprint density at radius 2 is 1.84 bits per heavy atom. The maximum Gasteiger partial charge on any atom is 0.263 e. The van der Waals surface area contributed by atoms with Crippen molar-refractivity contribution in [3.8, 4) is 0 Å². The van der Waals surface area contributed by atoms with Crippen LogP contribution in [0.4, 0.5) is 0 Å². The number of nitrogens with zero attached hydrogens (tertiary/aromatic N) is 4. The van der Waals surface area contributed by atoms with Crippen LogP contribution in [0.2, 0.25) is 0 Å². The molecule has 6 nitrogen and oxygen atoms in total. The minimum atomic E-state index is -0.221. The highest BCUT2D eigenvalue weighted by molar-refractivity contribution is 5.99. The number of hydrogen-bond acceptors (Lipinski definition) is 5. The predicted octanol–water partition coefficient (Wildman–Crippen LogP) is 4.70. The summed E-state index contributed by atoms with van der Waals surface area (Å²) in [6, 6.07) is 4.20. The molecule has 0 radical (unpaired) electrons. The van der Waals surface area contributed by atoms with E-state index in [0.717, 1.165) is 36.8 Å². The molecule has 3 aromatic heterocycles. The number of Topliss-reactive ketones (excluding diaryl/α,β-unsaturated/α-hetero) is 1. The van der Waals surface area contributed by atoms with E-state index in [2.05, 4.69) is 36.8 Å². The van der Waals surface area contributed by atoms with E-state index in [1.165, 1.54) is 12.5 Å². The molecule has 4 rings (SSSR count). The molecule has 0 bridgehead atoms. The predicted molar refractivity (Wildman–Crippen MR) is 122 cm³/mol. The third-order valence-electron chi connectivity index (χ3n) is 6.33. The molecule has 0 aromatic carbocycles. The zero-order valence-electron chi connectivity index (χ0n) is 19.0. The Hall–Kier alpha value is -2.89. The first kappa shape index (κ1) is 21.3. The van der Waals surface area contributed by atoms with Gasteiger partial charge in [0.1, 0.15) is 11.5 Å². The van der Waals surface area contributed by atoms with Crippen molar-refractivity contribution in [1.29, 1.82) is 0 Å². The molecule has 0 spiro atoms. The average Bonchev–Trinajstić information content (AvgIpc) is 3.22. The Morgan fingerprint density at radius 1 is 1.13 bits per heavy atom. The van der Waals surface area contributed by atoms with Gasteiger partial charge in [0.15, 0.2) is 5.78 Å². The van der Waals surface area contributed by atoms with E-state index in [0.29, 0.717) is 23.5 Å². The van der Waals surface area contributed by atoms with Gasteiger partial charge in [0.2, 0.25) is 0 Å². The van der Waals surface area contributed by atoms with Crippen LogP contribution in [-0.2, 0) is 11.8 Å². The third kappa shape index (κ3) is 4.03. The average molecular weight is 419 g/mol. The molecule has 1 saturated carbocycles. The Bertz CT molecular complexity index is 1200. The number of carbonyl (C=O) groups excluding carboxylic acids is 1. The van der Waals surface area contributed by atoms with Crippen LogP contribution < -0.4 is 5.56 Å². The quantitative estimate of drug-likeness (QED) is 0.574. The molecule has 0 saturated heterocycles. The molecule has 1 fully saturated rings. The highest BCUT2D eigenvalue weighted by atomic mass is 16.1. The van der Waals surface area contributed by atoms with Crippen molar-refractivity contribution in [3.63, 3.8) is 0 Å². The van der Waals surface area contributed by atoms with Crippen molar-refractivity contribution in [2.75, 3.05) is 0 Å². The molecule has 0 aliphatic heterocycles. The smallest absolute Gasteiger partial charge is 0.263 e. The van der Waals surface area contributed by atoms with Crippen LogP contribution in [0, 0.1) is 6.92 Å². The van der Waals surface area contributed by atoms with Gasteiger partial charge in [-0.1, -0.05) is 39.7 Å². The van der Waals surface area contributed by atoms with E-state index in [9.17, 15) is 9.59 Å². The largest absolute Gasteiger partial charge is 0.294 e. The number of hydrogen-bond donors (Lipinski definition) is 0. The zero-order chi connectivity index (χ0) is 22.3. The van der Waals surface area contributed by atoms with E-state index in [-0.39, 0.29) is 28.4 Å². The van der Waals surface area contributed by atoms with Crippen molar-refractivity contribution in [2.45, 2.75) is 78.2 Å². The van der Waals surface area contributed by atoms with Crippen LogP contribution in [-0.4, -0.2) is 25.3 Å². The number of aromatic nitrogens is 4. The fraction of sp³-hybridized carbons (Fsp3) is 0.480. The van der Waals surface area contributed by atoms with Gasteiger partial charge in [-0.3, -0.25) is 19.1 Å². The second-order valence-corrected chi connectivity index (χ2v) is 9.66. The molecule has 0 amide bonds. The molecule has 0 N–H and O–H groups in total. The van der Waals surface area contributed by atoms with Crippen molar-refractivity contribution >= 4 is 16.8 Å². The number of carbonyl (C=O) groups is 1. The highest BCUT2D eigenvalue weighted by Gasteiger charge is 2.25. The lowest BCUT2D eigenvalue weighted by Crippen LogP contribution is -2.30. The monoisotopic (exact) mass is 418 g/mol. The first-order chi connectivity index (χ1) is 14.7. The van der Waals surface area contributed by atoms with Crippen LogP contribution >= 0.6 is 0 Å². The Morgan fingerprint density at radius 3 is 2.42 bits per heavy atom. The number of rotatable bonds is 4. The summed E-state index contributed by atoms with van der Waals surface area (Å²) in [7, 11) is 0. The van der Waals surface area contributed by atoms with Crippen molar-refractivity contribution in [1.82, 2.24) is 19.5 Å². The Kier molecular flexibility index (Phi) is 5.50. The van der Waals surface area contributed by atoms with Gasteiger partial charge in [0, 0.05) is 29.5 Å². The molecule has 0 atom stereocenters. The maximum absolute atomic E-state index is 13.3. The fourth-order valence-electron chi connectivity index (χ4n) is 4.50. The highest BCUT2D eigenvalue weighted by Crippen LogP contribution is 2.31. The van der Waals surface area contributed by atoms with E-state index in [1.54, 1.807) is 10.8 Å². The molecule has 6 heteroatoms. The number of fused-ring (bicyclic) bond motifs is 1. The molecule has 1 aliphatic carbocycles. The van der Waals surface area contributed by atoms with Crippen molar-refractivity contribution < 1.29 is 4.79 Å². The van der Waals surface area contributed by atoms with Crippen molar-refractivity contribution in [3.05, 3.63) is 63.1 Å². The van der Waals surface area contributed by atoms with Gasteiger partial charge >= 0.3 is 0 Å². The third-order valence-corrected chi connectivity index (χ3v) is 6.33. The van der Waals surface area contributed by atoms with Gasteiger partial charge in [-0.05, 0) is 49.3 Å². The molecule has 1 aliphatic rings. The first-order valence-electron chi connectivity index (χ1n) is 11.0. The summed E-state index contributed by atoms with van der Waals surface area (Å²) in [5, 5.41) is 0.775. The Labute approximate surface area is 182 Å². The van der Waals surface area contributed by atoms with Gasteiger partial charge in [0.25, 0.3) is 5.56 Å². The summed E-state index contributed by atoms with van der Waals surface area (Å²) in [6.45, 7) is 9.76. The van der Waals surface area contributed by atoms with Crippen LogP contribution in [0.1, 0.15) is 92.4 Å². The number of pyridine rings is 2. The van der Waals surface area contributed by atoms with E-state index in [1.807, 2.05) is 19.2 Å². The summed E-state index contributed by atoms with van der Waals surface area (Å²) >= 11 is 0. The van der Waals surface area contributed by atoms with E-state index >= 15 is 0 Å². The molecular formula is C25H30N4O2. The van der Waals surface area contributed by atoms with Gasteiger partial charge in [-0.2, -0.15) is 0 Å². The summed E-state index contributed by atoms with van der Waals surface area (Å²) in [4.78, 5) is 39.5. The van der Waals surface area contributed by atoms with Gasteiger partial charge in [0.05, 0.1) is 12.0 Å². The minimum Gasteiger partial charge on any atom is -0.294 e. The van der Waals surface area contributed by atoms with Gasteiger partial charge in [-0.15, -0.1) is 0 Å². The molecule has 3 aromatic rings. The normalized spacial score (nSPS) is 15.0. The fourth-order valence-corrected chi connectivity index (χ4v) is 4.50. The summed E-state index contributed by atoms with van der Waals surface area (Å²) in [5.74, 6) is 0.424. The lowest BCUT2D eigenvalue weighted by molar-refractivity contribution is 0.101. The van der Waals surface area contributed by atoms with Crippen LogP contribution in [0.5, 0.6) is 0 Å². The van der Waals surface area contributed by atoms with Gasteiger partial charge in [-0.25, -0.2) is 9.97 Å². The SMILES string of the molecule is CC(=O)c1c(C)c2cnc(Cc3ccc(C(C)(C)C)cn3)nc2n(C2CCCC2)c1=O. The summed E-state index contributed by atoms with van der Waals surface area (Å²) in [6.07, 6.45) is 8.21. The summed E-state index contributed by atoms with van der Waals surface area (Å²) < 4.78 is 1.76. The zero-order valence-corrected chi connectivity index (χ0v) is 19.0. The topological polar surface area (TPSA) is 77.7 Å². The number of aryl methyl sites for hydroxylation is 1. The molecule has 31 heavy (non-hydrogen) atoms. The second-order valence-electron chi connectivity index (χ2n) is 9.66. The van der Waals surface area contributed by atoms with Gasteiger partial charge < -0.3 is 0 Å². The van der Waals surface area contributed by atoms with E-state index in [4.69, 9.17) is 4.98 Å². The second kappa shape index (κ2) is 7.98. The first-order valence-corrected chi connectivity index (χ1v) is 11.0. The van der Waals surface area contributed by atoms with Crippen molar-refractivity contribution in [2.24, 2.45) is 0 Å². The van der Waals surface area contributed by atoms with Crippen LogP contribution in [0.3, 0.4) is 0 Å². The molecule has 3 heterocycles. The lowest BCUT2D eigenvalue weighted by atomic mass is 9.88. The summed E-state index contributed by atoms with van der Waals surface area (Å²) in [5.41, 5.74) is 3.46. The molecule has 0 unspecified atom stereocenters. The Balaban J connectivity index is 1.81. The maximum atomic E-state index is 13.3. The number of ketones is 1. The van der Waals surface area contributed by atoms with Crippen LogP contribution in [0.15, 0.2) is 29.3 Å². The standard InChI is InChI=1S/C25H30N4O2/c1-15-20-14-27-21(12-18-11-10-17(13-26-18)25(3,4)5)28-23(20)29(19-8-6-7-9-19)24(31)22(15)16(2)30/h10-11,13-14,19H,6-9,12H2,1-5H3. The molecular weight excluding hydrogens is 388 g/mol. The lowest BCUT2D eigenvalue weighted by Gasteiger charge is -2.19. The molecule has 162 valence electrons. The van der Waals surface area contributed by atoms with Crippen LogP contribution in [0.25, 0.3) is 11.0 Å².